The summed E-state index contributed by atoms with van der Waals surface area (Å²) in [5.41, 5.74) is 2.78. The quantitative estimate of drug-likeness (QED) is 0.839. The van der Waals surface area contributed by atoms with Crippen molar-refractivity contribution in [3.8, 4) is 6.07 Å². The minimum absolute atomic E-state index is 0.706. The molecule has 1 heterocycles. The minimum Gasteiger partial charge on any atom is -0.331 e. The molecule has 1 fully saturated rings. The van der Waals surface area contributed by atoms with E-state index in [0.717, 1.165) is 29.2 Å². The number of nitrogens with zero attached hydrogens (tertiary/aromatic N) is 3. The summed E-state index contributed by atoms with van der Waals surface area (Å²) in [6.45, 7) is 0. The number of fused-ring (bicyclic) bond motifs is 1. The Morgan fingerprint density at radius 1 is 1.37 bits per heavy atom. The lowest BCUT2D eigenvalue weighted by molar-refractivity contribution is 0.493. The minimum atomic E-state index is 0.706. The van der Waals surface area contributed by atoms with E-state index in [4.69, 9.17) is 10.2 Å². The van der Waals surface area contributed by atoms with Crippen LogP contribution < -0.4 is 0 Å². The molecule has 0 N–H and O–H groups in total. The maximum Gasteiger partial charge on any atom is 0.109 e. The number of aromatic nitrogens is 2. The maximum atomic E-state index is 8.96. The van der Waals surface area contributed by atoms with Crippen molar-refractivity contribution < 1.29 is 0 Å². The van der Waals surface area contributed by atoms with Crippen molar-refractivity contribution in [2.24, 2.45) is 13.0 Å². The zero-order chi connectivity index (χ0) is 13.2. The van der Waals surface area contributed by atoms with Crippen molar-refractivity contribution >= 4 is 11.0 Å². The topological polar surface area (TPSA) is 41.6 Å². The zero-order valence-electron chi connectivity index (χ0n) is 11.4. The molecule has 0 aliphatic heterocycles. The smallest absolute Gasteiger partial charge is 0.109 e. The van der Waals surface area contributed by atoms with E-state index < -0.39 is 0 Å². The van der Waals surface area contributed by atoms with Crippen LogP contribution in [0, 0.1) is 17.2 Å². The first-order valence-corrected chi connectivity index (χ1v) is 7.13. The van der Waals surface area contributed by atoms with Gasteiger partial charge in [-0.25, -0.2) is 4.98 Å². The summed E-state index contributed by atoms with van der Waals surface area (Å²) in [4.78, 5) is 4.70. The highest BCUT2D eigenvalue weighted by Crippen LogP contribution is 2.29. The van der Waals surface area contributed by atoms with Gasteiger partial charge in [0.15, 0.2) is 0 Å². The molecular weight excluding hydrogens is 234 g/mol. The van der Waals surface area contributed by atoms with E-state index in [1.165, 1.54) is 32.1 Å². The number of rotatable bonds is 3. The molecule has 3 heteroatoms. The van der Waals surface area contributed by atoms with Crippen LogP contribution in [-0.4, -0.2) is 9.55 Å². The molecule has 0 bridgehead atoms. The van der Waals surface area contributed by atoms with Crippen LogP contribution in [0.3, 0.4) is 0 Å². The second-order valence-corrected chi connectivity index (χ2v) is 5.59. The molecule has 0 saturated heterocycles. The molecule has 19 heavy (non-hydrogen) atoms. The average molecular weight is 253 g/mol. The Kier molecular flexibility index (Phi) is 3.25. The highest BCUT2D eigenvalue weighted by molar-refractivity contribution is 5.77. The third-order valence-corrected chi connectivity index (χ3v) is 4.35. The summed E-state index contributed by atoms with van der Waals surface area (Å²) in [5.74, 6) is 2.05. The number of imidazole rings is 1. The molecule has 0 amide bonds. The summed E-state index contributed by atoms with van der Waals surface area (Å²) in [6.07, 6.45) is 7.89. The number of benzene rings is 1. The highest BCUT2D eigenvalue weighted by atomic mass is 15.1. The molecule has 1 aliphatic carbocycles. The molecular formula is C16H19N3. The van der Waals surface area contributed by atoms with Gasteiger partial charge in [0.2, 0.25) is 0 Å². The standard InChI is InChI=1S/C16H19N3/c1-19-15-10-13(11-17)6-8-14(15)18-16(19)9-7-12-4-2-3-5-12/h6,8,10,12H,2-5,7,9H2,1H3. The Hall–Kier alpha value is -1.82. The van der Waals surface area contributed by atoms with Crippen LogP contribution >= 0.6 is 0 Å². The van der Waals surface area contributed by atoms with Gasteiger partial charge in [0.1, 0.15) is 5.82 Å². The van der Waals surface area contributed by atoms with Gasteiger partial charge in [0, 0.05) is 13.5 Å². The highest BCUT2D eigenvalue weighted by Gasteiger charge is 2.16. The second kappa shape index (κ2) is 5.05. The van der Waals surface area contributed by atoms with E-state index in [0.29, 0.717) is 5.56 Å². The lowest BCUT2D eigenvalue weighted by atomic mass is 10.0. The molecule has 0 radical (unpaired) electrons. The molecule has 1 saturated carbocycles. The molecule has 1 aromatic carbocycles. The molecule has 1 aliphatic rings. The van der Waals surface area contributed by atoms with Crippen LogP contribution in [0.4, 0.5) is 0 Å². The molecule has 3 rings (SSSR count). The maximum absolute atomic E-state index is 8.96. The fourth-order valence-electron chi connectivity index (χ4n) is 3.17. The molecule has 0 atom stereocenters. The first-order valence-electron chi connectivity index (χ1n) is 7.13. The van der Waals surface area contributed by atoms with Crippen LogP contribution in [0.1, 0.15) is 43.5 Å². The van der Waals surface area contributed by atoms with Crippen LogP contribution in [-0.2, 0) is 13.5 Å². The van der Waals surface area contributed by atoms with Gasteiger partial charge in [-0.05, 0) is 30.5 Å². The lowest BCUT2D eigenvalue weighted by Gasteiger charge is -2.08. The number of aryl methyl sites for hydroxylation is 2. The van der Waals surface area contributed by atoms with Crippen molar-refractivity contribution in [1.29, 1.82) is 5.26 Å². The van der Waals surface area contributed by atoms with Crippen molar-refractivity contribution in [2.75, 3.05) is 0 Å². The summed E-state index contributed by atoms with van der Waals surface area (Å²) in [7, 11) is 2.06. The van der Waals surface area contributed by atoms with Gasteiger partial charge in [-0.2, -0.15) is 5.26 Å². The predicted octanol–water partition coefficient (Wildman–Crippen LogP) is 3.57. The third-order valence-electron chi connectivity index (χ3n) is 4.35. The van der Waals surface area contributed by atoms with Gasteiger partial charge in [-0.15, -0.1) is 0 Å². The van der Waals surface area contributed by atoms with E-state index in [1.807, 2.05) is 18.2 Å². The molecule has 0 unspecified atom stereocenters. The second-order valence-electron chi connectivity index (χ2n) is 5.59. The molecule has 98 valence electrons. The van der Waals surface area contributed by atoms with Gasteiger partial charge in [-0.1, -0.05) is 25.7 Å². The van der Waals surface area contributed by atoms with E-state index in [-0.39, 0.29) is 0 Å². The molecule has 3 nitrogen and oxygen atoms in total. The largest absolute Gasteiger partial charge is 0.331 e. The van der Waals surface area contributed by atoms with E-state index >= 15 is 0 Å². The first kappa shape index (κ1) is 12.2. The molecule has 1 aromatic heterocycles. The van der Waals surface area contributed by atoms with Crippen LogP contribution in [0.2, 0.25) is 0 Å². The Morgan fingerprint density at radius 2 is 2.16 bits per heavy atom. The Morgan fingerprint density at radius 3 is 2.89 bits per heavy atom. The van der Waals surface area contributed by atoms with E-state index in [1.54, 1.807) is 0 Å². The van der Waals surface area contributed by atoms with Gasteiger partial charge >= 0.3 is 0 Å². The van der Waals surface area contributed by atoms with E-state index in [2.05, 4.69) is 17.7 Å². The fourth-order valence-corrected chi connectivity index (χ4v) is 3.17. The van der Waals surface area contributed by atoms with Gasteiger partial charge in [0.25, 0.3) is 0 Å². The summed E-state index contributed by atoms with van der Waals surface area (Å²) in [5, 5.41) is 8.96. The zero-order valence-corrected chi connectivity index (χ0v) is 11.4. The summed E-state index contributed by atoms with van der Waals surface area (Å²) < 4.78 is 2.14. The Bertz CT molecular complexity index is 627. The monoisotopic (exact) mass is 253 g/mol. The van der Waals surface area contributed by atoms with Crippen LogP contribution in [0.25, 0.3) is 11.0 Å². The van der Waals surface area contributed by atoms with Crippen LogP contribution in [0.15, 0.2) is 18.2 Å². The SMILES string of the molecule is Cn1c(CCC2CCCC2)nc2ccc(C#N)cc21. The molecule has 0 spiro atoms. The summed E-state index contributed by atoms with van der Waals surface area (Å²) in [6, 6.07) is 7.92. The van der Waals surface area contributed by atoms with E-state index in [9.17, 15) is 0 Å². The van der Waals surface area contributed by atoms with Crippen molar-refractivity contribution in [1.82, 2.24) is 9.55 Å². The van der Waals surface area contributed by atoms with Gasteiger partial charge in [0.05, 0.1) is 22.7 Å². The molecule has 2 aromatic rings. The van der Waals surface area contributed by atoms with Crippen LogP contribution in [0.5, 0.6) is 0 Å². The van der Waals surface area contributed by atoms with Crippen molar-refractivity contribution in [2.45, 2.75) is 38.5 Å². The van der Waals surface area contributed by atoms with Gasteiger partial charge < -0.3 is 4.57 Å². The lowest BCUT2D eigenvalue weighted by Crippen LogP contribution is -2.02. The fraction of sp³-hybridized carbons (Fsp3) is 0.500. The first-order chi connectivity index (χ1) is 9.28. The summed E-state index contributed by atoms with van der Waals surface area (Å²) >= 11 is 0. The normalized spacial score (nSPS) is 16.0. The Labute approximate surface area is 113 Å². The number of hydrogen-bond acceptors (Lipinski definition) is 2. The number of hydrogen-bond donors (Lipinski definition) is 0. The Balaban J connectivity index is 1.83. The third kappa shape index (κ3) is 2.35. The predicted molar refractivity (Wildman–Crippen MR) is 75.7 cm³/mol. The van der Waals surface area contributed by atoms with Crippen molar-refractivity contribution in [3.05, 3.63) is 29.6 Å². The van der Waals surface area contributed by atoms with Crippen molar-refractivity contribution in [3.63, 3.8) is 0 Å². The average Bonchev–Trinajstić information content (AvgIpc) is 3.05. The number of nitriles is 1. The van der Waals surface area contributed by atoms with Gasteiger partial charge in [-0.3, -0.25) is 0 Å².